The molecule has 0 fully saturated rings. The summed E-state index contributed by atoms with van der Waals surface area (Å²) >= 11 is 0. The van der Waals surface area contributed by atoms with Crippen molar-refractivity contribution in [2.24, 2.45) is 0 Å². The van der Waals surface area contributed by atoms with E-state index in [1.807, 2.05) is 33.3 Å². The minimum atomic E-state index is -4.71. The number of phosphoric ester groups is 1. The molecule has 80 heavy (non-hydrogen) atoms. The zero-order valence-corrected chi connectivity index (χ0v) is 53.7. The van der Waals surface area contributed by atoms with Crippen LogP contribution in [0, 0.1) is 0 Å². The van der Waals surface area contributed by atoms with Gasteiger partial charge in [0.05, 0.1) is 33.8 Å². The van der Waals surface area contributed by atoms with E-state index in [0.717, 1.165) is 109 Å². The fourth-order valence-corrected chi connectivity index (χ4v) is 9.89. The quantitative estimate of drug-likeness (QED) is 0.0212. The van der Waals surface area contributed by atoms with Gasteiger partial charge >= 0.3 is 5.97 Å². The van der Waals surface area contributed by atoms with Crippen LogP contribution in [0.25, 0.3) is 0 Å². The Bertz CT molecular complexity index is 1690. The van der Waals surface area contributed by atoms with Crippen molar-refractivity contribution in [2.45, 2.75) is 296 Å². The summed E-state index contributed by atoms with van der Waals surface area (Å²) in [5.74, 6) is -0.565. The second-order valence-corrected chi connectivity index (χ2v) is 24.6. The highest BCUT2D eigenvalue weighted by atomic mass is 31.2. The minimum absolute atomic E-state index is 0.0307. The number of nitrogens with one attached hydrogen (secondary N) is 1. The van der Waals surface area contributed by atoms with Crippen LogP contribution in [-0.4, -0.2) is 69.4 Å². The molecule has 1 amide bonds. The third kappa shape index (κ3) is 59.5. The van der Waals surface area contributed by atoms with Crippen molar-refractivity contribution in [1.29, 1.82) is 0 Å². The average molecular weight is 1140 g/mol. The Morgan fingerprint density at radius 1 is 0.450 bits per heavy atom. The summed E-state index contributed by atoms with van der Waals surface area (Å²) in [4.78, 5) is 40.1. The maximum Gasteiger partial charge on any atom is 0.306 e. The molecule has 462 valence electrons. The number of allylic oxidation sites excluding steroid dienone is 15. The van der Waals surface area contributed by atoms with E-state index in [9.17, 15) is 19.0 Å². The molecule has 3 atom stereocenters. The van der Waals surface area contributed by atoms with Crippen molar-refractivity contribution >= 4 is 19.7 Å². The molecule has 0 aromatic rings. The smallest absolute Gasteiger partial charge is 0.306 e. The lowest BCUT2D eigenvalue weighted by molar-refractivity contribution is -0.870. The van der Waals surface area contributed by atoms with Gasteiger partial charge in [-0.2, -0.15) is 0 Å². The van der Waals surface area contributed by atoms with Crippen molar-refractivity contribution in [2.75, 3.05) is 40.9 Å². The first-order valence-electron chi connectivity index (χ1n) is 33.0. The maximum absolute atomic E-state index is 13.6. The van der Waals surface area contributed by atoms with E-state index >= 15 is 0 Å². The molecule has 0 rings (SSSR count). The van der Waals surface area contributed by atoms with Gasteiger partial charge in [-0.05, 0) is 109 Å². The Morgan fingerprint density at radius 2 is 0.800 bits per heavy atom. The highest BCUT2D eigenvalue weighted by Crippen LogP contribution is 2.38. The zero-order chi connectivity index (χ0) is 58.6. The van der Waals surface area contributed by atoms with Gasteiger partial charge in [0.15, 0.2) is 0 Å². The SMILES string of the molecule is CC/C=C\C/C=C\C/C=C\C/C=C\C/C=C\CCCCCCCC(=O)NC(COP(=O)([O-])OCC[N+](C)(C)C)C(/C=C/CCCCCCCCCCCC)OC(=O)CCCCCCCCCCCCC/C=C\C/C=C\CCCCC. The molecule has 0 aromatic heterocycles. The number of nitrogens with zero attached hydrogens (tertiary/aromatic N) is 1. The Hall–Kier alpha value is -3.07. The number of carbonyl (C=O) groups excluding carboxylic acids is 2. The van der Waals surface area contributed by atoms with E-state index < -0.39 is 26.6 Å². The summed E-state index contributed by atoms with van der Waals surface area (Å²) in [6.07, 6.45) is 79.4. The molecular weight excluding hydrogens is 1010 g/mol. The summed E-state index contributed by atoms with van der Waals surface area (Å²) in [6, 6.07) is -0.905. The summed E-state index contributed by atoms with van der Waals surface area (Å²) < 4.78 is 30.4. The highest BCUT2D eigenvalue weighted by molar-refractivity contribution is 7.45. The van der Waals surface area contributed by atoms with Crippen molar-refractivity contribution in [3.63, 3.8) is 0 Å². The molecule has 0 aliphatic rings. The predicted molar refractivity (Wildman–Crippen MR) is 344 cm³/mol. The van der Waals surface area contributed by atoms with Crippen molar-refractivity contribution < 1.29 is 37.3 Å². The van der Waals surface area contributed by atoms with E-state index in [4.69, 9.17) is 13.8 Å². The largest absolute Gasteiger partial charge is 0.756 e. The van der Waals surface area contributed by atoms with Gasteiger partial charge in [-0.3, -0.25) is 14.2 Å². The predicted octanol–water partition coefficient (Wildman–Crippen LogP) is 20.1. The molecular formula is C70H125N2O7P. The van der Waals surface area contributed by atoms with Crippen LogP contribution in [0.15, 0.2) is 97.2 Å². The fraction of sp³-hybridized carbons (Fsp3) is 0.743. The minimum Gasteiger partial charge on any atom is -0.756 e. The van der Waals surface area contributed by atoms with Crippen molar-refractivity contribution in [3.8, 4) is 0 Å². The van der Waals surface area contributed by atoms with Gasteiger partial charge in [-0.25, -0.2) is 0 Å². The number of rotatable bonds is 59. The molecule has 0 aliphatic carbocycles. The number of amides is 1. The van der Waals surface area contributed by atoms with E-state index in [1.165, 1.54) is 135 Å². The summed E-state index contributed by atoms with van der Waals surface area (Å²) in [5.41, 5.74) is 0. The number of carbonyl (C=O) groups is 2. The van der Waals surface area contributed by atoms with Crippen LogP contribution >= 0.6 is 7.82 Å². The van der Waals surface area contributed by atoms with Gasteiger partial charge in [0.25, 0.3) is 7.82 Å². The molecule has 0 saturated heterocycles. The maximum atomic E-state index is 13.6. The number of unbranched alkanes of at least 4 members (excludes halogenated alkanes) is 29. The first-order chi connectivity index (χ1) is 38.9. The molecule has 0 saturated carbocycles. The number of phosphoric acid groups is 1. The van der Waals surface area contributed by atoms with E-state index in [2.05, 4.69) is 111 Å². The van der Waals surface area contributed by atoms with Crippen LogP contribution in [0.5, 0.6) is 0 Å². The average Bonchev–Trinajstić information content (AvgIpc) is 3.42. The van der Waals surface area contributed by atoms with Crippen molar-refractivity contribution in [3.05, 3.63) is 97.2 Å². The second-order valence-electron chi connectivity index (χ2n) is 23.2. The molecule has 0 radical (unpaired) electrons. The Morgan fingerprint density at radius 3 is 1.23 bits per heavy atom. The van der Waals surface area contributed by atoms with Crippen LogP contribution in [0.4, 0.5) is 0 Å². The van der Waals surface area contributed by atoms with Crippen LogP contribution in [0.3, 0.4) is 0 Å². The van der Waals surface area contributed by atoms with Gasteiger partial charge in [0, 0.05) is 12.8 Å². The molecule has 0 aliphatic heterocycles. The van der Waals surface area contributed by atoms with Crippen LogP contribution in [0.1, 0.15) is 284 Å². The van der Waals surface area contributed by atoms with E-state index in [1.54, 1.807) is 0 Å². The lowest BCUT2D eigenvalue weighted by atomic mass is 10.0. The molecule has 9 nitrogen and oxygen atoms in total. The number of hydrogen-bond acceptors (Lipinski definition) is 7. The molecule has 1 N–H and O–H groups in total. The normalized spacial score (nSPS) is 14.2. The first kappa shape index (κ1) is 76.9. The van der Waals surface area contributed by atoms with Gasteiger partial charge in [-0.1, -0.05) is 260 Å². The molecule has 0 spiro atoms. The van der Waals surface area contributed by atoms with Gasteiger partial charge in [-0.15, -0.1) is 0 Å². The molecule has 0 aromatic carbocycles. The summed E-state index contributed by atoms with van der Waals surface area (Å²) in [5, 5.41) is 3.02. The monoisotopic (exact) mass is 1140 g/mol. The van der Waals surface area contributed by atoms with E-state index in [0.29, 0.717) is 23.9 Å². The lowest BCUT2D eigenvalue weighted by Crippen LogP contribution is -2.47. The van der Waals surface area contributed by atoms with Gasteiger partial charge in [0.1, 0.15) is 19.3 Å². The molecule has 0 bridgehead atoms. The number of hydrogen-bond donors (Lipinski definition) is 1. The summed E-state index contributed by atoms with van der Waals surface area (Å²) in [7, 11) is 1.16. The Balaban J connectivity index is 5.22. The van der Waals surface area contributed by atoms with Gasteiger partial charge < -0.3 is 28.5 Å². The molecule has 3 unspecified atom stereocenters. The van der Waals surface area contributed by atoms with Crippen LogP contribution < -0.4 is 10.2 Å². The topological polar surface area (TPSA) is 114 Å². The number of quaternary nitrogens is 1. The van der Waals surface area contributed by atoms with E-state index in [-0.39, 0.29) is 24.9 Å². The summed E-state index contributed by atoms with van der Waals surface area (Å²) in [6.45, 7) is 6.70. The molecule has 0 heterocycles. The Labute approximate surface area is 494 Å². The Kier molecular flexibility index (Phi) is 56.8. The highest BCUT2D eigenvalue weighted by Gasteiger charge is 2.27. The van der Waals surface area contributed by atoms with Gasteiger partial charge in [0.2, 0.25) is 5.91 Å². The van der Waals surface area contributed by atoms with Crippen LogP contribution in [-0.2, 0) is 27.9 Å². The lowest BCUT2D eigenvalue weighted by Gasteiger charge is -2.30. The van der Waals surface area contributed by atoms with Crippen LogP contribution in [0.2, 0.25) is 0 Å². The fourth-order valence-electron chi connectivity index (χ4n) is 9.17. The standard InChI is InChI=1S/C70H125N2O7P/c1-7-10-13-16-19-22-25-28-30-32-34-36-38-40-42-44-47-50-53-56-59-62-69(73)71-67(66-78-80(75,76)77-65-64-72(4,5)6)68(61-58-55-52-49-46-27-24-21-18-15-12-9-3)79-70(74)63-60-57-54-51-48-45-43-41-39-37-35-33-31-29-26-23-20-17-14-11-8-2/h10,13,19-20,22-23,28-31,34,36,40,42,58,61,67-68H,7-9,11-12,14-18,21,24-27,32-33,35,37-39,41,43-57,59-60,62-66H2,1-6H3,(H-,71,73,75,76)/b13-10-,22-19-,23-20-,30-28-,31-29-,36-34-,42-40-,61-58+. The number of ether oxygens (including phenoxy) is 1. The zero-order valence-electron chi connectivity index (χ0n) is 52.8. The van der Waals surface area contributed by atoms with Crippen molar-refractivity contribution in [1.82, 2.24) is 5.32 Å². The number of esters is 1. The first-order valence-corrected chi connectivity index (χ1v) is 34.5. The third-order valence-electron chi connectivity index (χ3n) is 14.2. The number of likely N-dealkylation sites (N-methyl/N-ethyl adjacent to an activating group) is 1. The third-order valence-corrected chi connectivity index (χ3v) is 15.2. The second kappa shape index (κ2) is 59.1. The molecule has 10 heteroatoms.